The SMILES string of the molecule is CCOc1ccc(/C=C/C(=O)N2CCN(c3cc(-c4ccccc4)nc(C)n3)CC2)cc1OC. The number of hydrogen-bond acceptors (Lipinski definition) is 6. The fourth-order valence-electron chi connectivity index (χ4n) is 3.96. The lowest BCUT2D eigenvalue weighted by Crippen LogP contribution is -2.48. The number of nitrogens with zero attached hydrogens (tertiary/aromatic N) is 4. The third kappa shape index (κ3) is 5.54. The number of rotatable bonds is 7. The molecule has 2 aromatic carbocycles. The van der Waals surface area contributed by atoms with Crippen LogP contribution in [0.4, 0.5) is 5.82 Å². The van der Waals surface area contributed by atoms with Crippen molar-refractivity contribution in [3.63, 3.8) is 0 Å². The van der Waals surface area contributed by atoms with E-state index in [0.29, 0.717) is 31.2 Å². The smallest absolute Gasteiger partial charge is 0.246 e. The number of anilines is 1. The molecule has 7 nitrogen and oxygen atoms in total. The van der Waals surface area contributed by atoms with E-state index in [-0.39, 0.29) is 5.91 Å². The van der Waals surface area contributed by atoms with Crippen LogP contribution in [0.1, 0.15) is 18.3 Å². The van der Waals surface area contributed by atoms with Gasteiger partial charge in [0.2, 0.25) is 5.91 Å². The van der Waals surface area contributed by atoms with E-state index in [1.165, 1.54) is 0 Å². The predicted octanol–water partition coefficient (Wildman–Crippen LogP) is 4.22. The summed E-state index contributed by atoms with van der Waals surface area (Å²) in [5.41, 5.74) is 2.87. The molecule has 1 aliphatic rings. The third-order valence-corrected chi connectivity index (χ3v) is 5.72. The van der Waals surface area contributed by atoms with Crippen LogP contribution >= 0.6 is 0 Å². The molecule has 176 valence electrons. The van der Waals surface area contributed by atoms with E-state index in [1.54, 1.807) is 13.2 Å². The molecule has 0 unspecified atom stereocenters. The minimum absolute atomic E-state index is 0.00338. The van der Waals surface area contributed by atoms with Crippen LogP contribution in [0.5, 0.6) is 11.5 Å². The van der Waals surface area contributed by atoms with Gasteiger partial charge in [0.05, 0.1) is 19.4 Å². The molecule has 1 aliphatic heterocycles. The highest BCUT2D eigenvalue weighted by Gasteiger charge is 2.21. The molecular formula is C27H30N4O3. The maximum Gasteiger partial charge on any atom is 0.246 e. The zero-order valence-corrected chi connectivity index (χ0v) is 19.9. The molecule has 7 heteroatoms. The van der Waals surface area contributed by atoms with Gasteiger partial charge in [-0.05, 0) is 37.6 Å². The maximum absolute atomic E-state index is 12.8. The van der Waals surface area contributed by atoms with Gasteiger partial charge in [-0.2, -0.15) is 0 Å². The number of hydrogen-bond donors (Lipinski definition) is 0. The molecule has 0 aliphatic carbocycles. The van der Waals surface area contributed by atoms with Crippen molar-refractivity contribution in [3.05, 3.63) is 72.1 Å². The van der Waals surface area contributed by atoms with Gasteiger partial charge in [-0.25, -0.2) is 9.97 Å². The summed E-state index contributed by atoms with van der Waals surface area (Å²) in [5.74, 6) is 2.98. The van der Waals surface area contributed by atoms with E-state index in [1.807, 2.05) is 67.3 Å². The van der Waals surface area contributed by atoms with Crippen LogP contribution in [0.15, 0.2) is 60.7 Å². The number of methoxy groups -OCH3 is 1. The fourth-order valence-corrected chi connectivity index (χ4v) is 3.96. The molecule has 1 amide bonds. The summed E-state index contributed by atoms with van der Waals surface area (Å²) in [5, 5.41) is 0. The normalized spacial score (nSPS) is 13.9. The number of carbonyl (C=O) groups is 1. The fraction of sp³-hybridized carbons (Fsp3) is 0.296. The highest BCUT2D eigenvalue weighted by atomic mass is 16.5. The molecule has 1 saturated heterocycles. The molecule has 0 bridgehead atoms. The molecule has 0 spiro atoms. The molecular weight excluding hydrogens is 428 g/mol. The van der Waals surface area contributed by atoms with Crippen molar-refractivity contribution >= 4 is 17.8 Å². The van der Waals surface area contributed by atoms with Gasteiger partial charge in [-0.3, -0.25) is 4.79 Å². The molecule has 3 aromatic rings. The Bertz CT molecular complexity index is 1160. The van der Waals surface area contributed by atoms with E-state index in [4.69, 9.17) is 9.47 Å². The lowest BCUT2D eigenvalue weighted by atomic mass is 10.1. The van der Waals surface area contributed by atoms with E-state index >= 15 is 0 Å². The average Bonchev–Trinajstić information content (AvgIpc) is 2.88. The lowest BCUT2D eigenvalue weighted by molar-refractivity contribution is -0.126. The van der Waals surface area contributed by atoms with Gasteiger partial charge in [-0.15, -0.1) is 0 Å². The minimum atomic E-state index is -0.00338. The zero-order chi connectivity index (χ0) is 23.9. The number of benzene rings is 2. The Morgan fingerprint density at radius 2 is 1.76 bits per heavy atom. The van der Waals surface area contributed by atoms with Gasteiger partial charge in [-0.1, -0.05) is 36.4 Å². The summed E-state index contributed by atoms with van der Waals surface area (Å²) in [6.07, 6.45) is 3.43. The van der Waals surface area contributed by atoms with Crippen LogP contribution in [-0.2, 0) is 4.79 Å². The predicted molar refractivity (Wildman–Crippen MR) is 134 cm³/mol. The van der Waals surface area contributed by atoms with Crippen molar-refractivity contribution in [2.45, 2.75) is 13.8 Å². The highest BCUT2D eigenvalue weighted by molar-refractivity contribution is 5.92. The number of aromatic nitrogens is 2. The molecule has 0 atom stereocenters. The van der Waals surface area contributed by atoms with Gasteiger partial charge in [0.15, 0.2) is 11.5 Å². The second kappa shape index (κ2) is 10.8. The second-order valence-electron chi connectivity index (χ2n) is 8.01. The first kappa shape index (κ1) is 23.3. The van der Waals surface area contributed by atoms with E-state index in [9.17, 15) is 4.79 Å². The Kier molecular flexibility index (Phi) is 7.42. The molecule has 1 aromatic heterocycles. The summed E-state index contributed by atoms with van der Waals surface area (Å²) in [6.45, 7) is 7.13. The molecule has 4 rings (SSSR count). The van der Waals surface area contributed by atoms with Crippen molar-refractivity contribution < 1.29 is 14.3 Å². The Morgan fingerprint density at radius 1 is 1.00 bits per heavy atom. The van der Waals surface area contributed by atoms with Crippen LogP contribution in [-0.4, -0.2) is 60.7 Å². The number of amides is 1. The van der Waals surface area contributed by atoms with Crippen LogP contribution in [0.25, 0.3) is 17.3 Å². The summed E-state index contributed by atoms with van der Waals surface area (Å²) in [4.78, 5) is 26.1. The second-order valence-corrected chi connectivity index (χ2v) is 8.01. The number of ether oxygens (including phenoxy) is 2. The first-order chi connectivity index (χ1) is 16.6. The van der Waals surface area contributed by atoms with Crippen LogP contribution in [0, 0.1) is 6.92 Å². The van der Waals surface area contributed by atoms with Gasteiger partial charge in [0.1, 0.15) is 11.6 Å². The molecule has 1 fully saturated rings. The Morgan fingerprint density at radius 3 is 2.47 bits per heavy atom. The minimum Gasteiger partial charge on any atom is -0.493 e. The quantitative estimate of drug-likeness (QED) is 0.494. The number of aryl methyl sites for hydroxylation is 1. The van der Waals surface area contributed by atoms with Gasteiger partial charge in [0, 0.05) is 43.9 Å². The summed E-state index contributed by atoms with van der Waals surface area (Å²) in [6, 6.07) is 17.8. The summed E-state index contributed by atoms with van der Waals surface area (Å²) < 4.78 is 10.9. The number of carbonyl (C=O) groups excluding carboxylic acids is 1. The standard InChI is InChI=1S/C27H30N4O3/c1-4-34-24-12-10-21(18-25(24)33-3)11-13-27(32)31-16-14-30(15-17-31)26-19-23(28-20(2)29-26)22-8-6-5-7-9-22/h5-13,18-19H,4,14-17H2,1-3H3/b13-11+. The first-order valence-corrected chi connectivity index (χ1v) is 11.5. The Hall–Kier alpha value is -3.87. The van der Waals surface area contributed by atoms with E-state index < -0.39 is 0 Å². The molecule has 0 N–H and O–H groups in total. The number of piperazine rings is 1. The van der Waals surface area contributed by atoms with Gasteiger partial charge in [0.25, 0.3) is 0 Å². The maximum atomic E-state index is 12.8. The first-order valence-electron chi connectivity index (χ1n) is 11.5. The van der Waals surface area contributed by atoms with Crippen LogP contribution in [0.2, 0.25) is 0 Å². The Balaban J connectivity index is 1.38. The van der Waals surface area contributed by atoms with Crippen molar-refractivity contribution in [3.8, 4) is 22.8 Å². The molecule has 0 saturated carbocycles. The van der Waals surface area contributed by atoms with Crippen LogP contribution in [0.3, 0.4) is 0 Å². The summed E-state index contributed by atoms with van der Waals surface area (Å²) in [7, 11) is 1.61. The molecule has 0 radical (unpaired) electrons. The lowest BCUT2D eigenvalue weighted by Gasteiger charge is -2.35. The Labute approximate surface area is 200 Å². The van der Waals surface area contributed by atoms with Crippen molar-refractivity contribution in [2.24, 2.45) is 0 Å². The van der Waals surface area contributed by atoms with Crippen molar-refractivity contribution in [1.82, 2.24) is 14.9 Å². The monoisotopic (exact) mass is 458 g/mol. The van der Waals surface area contributed by atoms with Crippen molar-refractivity contribution in [1.29, 1.82) is 0 Å². The average molecular weight is 459 g/mol. The van der Waals surface area contributed by atoms with E-state index in [0.717, 1.165) is 41.6 Å². The van der Waals surface area contributed by atoms with E-state index in [2.05, 4.69) is 27.0 Å². The summed E-state index contributed by atoms with van der Waals surface area (Å²) >= 11 is 0. The van der Waals surface area contributed by atoms with Crippen LogP contribution < -0.4 is 14.4 Å². The topological polar surface area (TPSA) is 67.8 Å². The largest absolute Gasteiger partial charge is 0.493 e. The zero-order valence-electron chi connectivity index (χ0n) is 19.9. The molecule has 34 heavy (non-hydrogen) atoms. The highest BCUT2D eigenvalue weighted by Crippen LogP contribution is 2.28. The third-order valence-electron chi connectivity index (χ3n) is 5.72. The van der Waals surface area contributed by atoms with Crippen molar-refractivity contribution in [2.75, 3.05) is 44.8 Å². The van der Waals surface area contributed by atoms with Gasteiger partial charge >= 0.3 is 0 Å². The molecule has 2 heterocycles. The van der Waals surface area contributed by atoms with Gasteiger partial charge < -0.3 is 19.3 Å².